The zero-order valence-corrected chi connectivity index (χ0v) is 21.4. The quantitative estimate of drug-likeness (QED) is 0.336. The van der Waals surface area contributed by atoms with Crippen molar-refractivity contribution in [3.8, 4) is 0 Å². The van der Waals surface area contributed by atoms with Gasteiger partial charge in [0.05, 0.1) is 0 Å². The van der Waals surface area contributed by atoms with Crippen LogP contribution in [0.1, 0.15) is 44.7 Å². The summed E-state index contributed by atoms with van der Waals surface area (Å²) in [6.45, 7) is 5.89. The van der Waals surface area contributed by atoms with Crippen LogP contribution in [0.3, 0.4) is 0 Å². The third-order valence-corrected chi connectivity index (χ3v) is 7.53. The summed E-state index contributed by atoms with van der Waals surface area (Å²) >= 11 is 0. The predicted molar refractivity (Wildman–Crippen MR) is 146 cm³/mol. The van der Waals surface area contributed by atoms with E-state index in [0.29, 0.717) is 11.4 Å². The molecule has 0 atom stereocenters. The Hall–Kier alpha value is -3.72. The van der Waals surface area contributed by atoms with Gasteiger partial charge >= 0.3 is 0 Å². The first-order valence-corrected chi connectivity index (χ1v) is 13.3. The Morgan fingerprint density at radius 2 is 1.89 bits per heavy atom. The summed E-state index contributed by atoms with van der Waals surface area (Å²) in [7, 11) is 0. The number of pyridine rings is 2. The van der Waals surface area contributed by atoms with Gasteiger partial charge in [0.25, 0.3) is 0 Å². The predicted octanol–water partition coefficient (Wildman–Crippen LogP) is 5.36. The molecule has 0 radical (unpaired) electrons. The number of hydrogen-bond acceptors (Lipinski definition) is 8. The Morgan fingerprint density at radius 1 is 0.973 bits per heavy atom. The fraction of sp³-hybridized carbons (Fsp3) is 0.429. The van der Waals surface area contributed by atoms with Crippen molar-refractivity contribution in [1.82, 2.24) is 24.3 Å². The van der Waals surface area contributed by atoms with Crippen LogP contribution in [-0.2, 0) is 11.2 Å². The molecule has 0 bridgehead atoms. The lowest BCUT2D eigenvalue weighted by Crippen LogP contribution is -2.33. The third kappa shape index (κ3) is 5.36. The second-order valence-corrected chi connectivity index (χ2v) is 10.2. The van der Waals surface area contributed by atoms with E-state index in [1.165, 1.54) is 6.42 Å². The van der Waals surface area contributed by atoms with Crippen LogP contribution in [0.15, 0.2) is 55.0 Å². The van der Waals surface area contributed by atoms with Gasteiger partial charge < -0.3 is 24.7 Å². The summed E-state index contributed by atoms with van der Waals surface area (Å²) < 4.78 is 7.63. The number of hydrogen-bond donors (Lipinski definition) is 2. The van der Waals surface area contributed by atoms with E-state index in [0.717, 1.165) is 92.9 Å². The molecule has 0 aromatic carbocycles. The molecule has 192 valence electrons. The van der Waals surface area contributed by atoms with E-state index in [9.17, 15) is 0 Å². The second kappa shape index (κ2) is 10.3. The Morgan fingerprint density at radius 3 is 2.78 bits per heavy atom. The molecule has 6 heterocycles. The number of imidazole rings is 1. The molecular formula is C28H34N8O. The van der Waals surface area contributed by atoms with Gasteiger partial charge in [0, 0.05) is 68.4 Å². The number of rotatable bonds is 8. The molecular weight excluding hydrogens is 464 g/mol. The molecule has 4 aromatic heterocycles. The molecule has 2 N–H and O–H groups in total. The maximum atomic E-state index is 5.65. The Bertz CT molecular complexity index is 1360. The Balaban J connectivity index is 1.29. The van der Waals surface area contributed by atoms with E-state index >= 15 is 0 Å². The number of fused-ring (bicyclic) bond motifs is 1. The van der Waals surface area contributed by atoms with Crippen molar-refractivity contribution in [2.45, 2.75) is 45.4 Å². The minimum absolute atomic E-state index is 0.325. The highest BCUT2D eigenvalue weighted by Crippen LogP contribution is 2.41. The lowest BCUT2D eigenvalue weighted by Gasteiger charge is -2.33. The SMILES string of the molecule is CCCCc1cccc(Nc2nc(Nc3ccn4ccnc4c3)cc(N3CCC4(CCOCC4)C3)n2)n1. The first-order valence-electron chi connectivity index (χ1n) is 13.3. The van der Waals surface area contributed by atoms with Crippen molar-refractivity contribution in [2.75, 3.05) is 41.8 Å². The van der Waals surface area contributed by atoms with E-state index < -0.39 is 0 Å². The largest absolute Gasteiger partial charge is 0.381 e. The molecule has 37 heavy (non-hydrogen) atoms. The molecule has 0 unspecified atom stereocenters. The Kier molecular flexibility index (Phi) is 6.61. The van der Waals surface area contributed by atoms with Gasteiger partial charge in [-0.2, -0.15) is 9.97 Å². The first kappa shape index (κ1) is 23.7. The molecule has 0 aliphatic carbocycles. The minimum Gasteiger partial charge on any atom is -0.381 e. The van der Waals surface area contributed by atoms with Crippen LogP contribution in [0.4, 0.5) is 29.1 Å². The Labute approximate surface area is 217 Å². The zero-order chi connectivity index (χ0) is 25.1. The lowest BCUT2D eigenvalue weighted by atomic mass is 9.80. The van der Waals surface area contributed by atoms with E-state index in [-0.39, 0.29) is 0 Å². The molecule has 2 aliphatic rings. The minimum atomic E-state index is 0.325. The van der Waals surface area contributed by atoms with Crippen LogP contribution in [0.5, 0.6) is 0 Å². The summed E-state index contributed by atoms with van der Waals surface area (Å²) in [5, 5.41) is 6.85. The van der Waals surface area contributed by atoms with E-state index in [1.54, 1.807) is 6.20 Å². The van der Waals surface area contributed by atoms with Crippen molar-refractivity contribution in [3.63, 3.8) is 0 Å². The van der Waals surface area contributed by atoms with Crippen LogP contribution in [0.25, 0.3) is 5.65 Å². The second-order valence-electron chi connectivity index (χ2n) is 10.2. The monoisotopic (exact) mass is 498 g/mol. The summed E-state index contributed by atoms with van der Waals surface area (Å²) in [6, 6.07) is 12.2. The maximum Gasteiger partial charge on any atom is 0.232 e. The average Bonchev–Trinajstić information content (AvgIpc) is 3.55. The number of aromatic nitrogens is 5. The summed E-state index contributed by atoms with van der Waals surface area (Å²) in [4.78, 5) is 21.3. The number of ether oxygens (including phenoxy) is 1. The number of nitrogens with zero attached hydrogens (tertiary/aromatic N) is 6. The molecule has 6 rings (SSSR count). The third-order valence-electron chi connectivity index (χ3n) is 7.53. The van der Waals surface area contributed by atoms with Crippen LogP contribution in [-0.4, -0.2) is 50.6 Å². The fourth-order valence-electron chi connectivity index (χ4n) is 5.36. The van der Waals surface area contributed by atoms with Crippen molar-refractivity contribution >= 4 is 34.7 Å². The summed E-state index contributed by atoms with van der Waals surface area (Å²) in [5.74, 6) is 2.96. The van der Waals surface area contributed by atoms with Gasteiger partial charge in [-0.25, -0.2) is 9.97 Å². The summed E-state index contributed by atoms with van der Waals surface area (Å²) in [5.41, 5.74) is 3.21. The molecule has 2 aliphatic heterocycles. The normalized spacial score (nSPS) is 16.9. The summed E-state index contributed by atoms with van der Waals surface area (Å²) in [6.07, 6.45) is 12.4. The van der Waals surface area contributed by atoms with Crippen LogP contribution >= 0.6 is 0 Å². The maximum absolute atomic E-state index is 5.65. The molecule has 0 amide bonds. The van der Waals surface area contributed by atoms with Crippen LogP contribution in [0.2, 0.25) is 0 Å². The smallest absolute Gasteiger partial charge is 0.232 e. The van der Waals surface area contributed by atoms with E-state index in [1.807, 2.05) is 47.1 Å². The van der Waals surface area contributed by atoms with E-state index in [4.69, 9.17) is 19.7 Å². The molecule has 2 fully saturated rings. The number of nitrogens with one attached hydrogen (secondary N) is 2. The highest BCUT2D eigenvalue weighted by molar-refractivity contribution is 5.66. The lowest BCUT2D eigenvalue weighted by molar-refractivity contribution is 0.0254. The van der Waals surface area contributed by atoms with Crippen molar-refractivity contribution < 1.29 is 4.74 Å². The van der Waals surface area contributed by atoms with Crippen LogP contribution in [0, 0.1) is 5.41 Å². The van der Waals surface area contributed by atoms with Gasteiger partial charge in [-0.05, 0) is 55.7 Å². The number of unbranched alkanes of at least 4 members (excludes halogenated alkanes) is 1. The standard InChI is InChI=1S/C28H34N8O/c1-2-3-5-21-6-4-7-23(30-21)32-27-33-24(31-22-8-13-35-15-12-29-25(35)18-22)19-26(34-27)36-14-9-28(20-36)10-16-37-17-11-28/h4,6-8,12-13,15,18-19H,2-3,5,9-11,14,16-17,20H2,1H3,(H2,30,31,32,33,34). The highest BCUT2D eigenvalue weighted by Gasteiger charge is 2.40. The highest BCUT2D eigenvalue weighted by atomic mass is 16.5. The van der Waals surface area contributed by atoms with E-state index in [2.05, 4.69) is 33.5 Å². The molecule has 9 nitrogen and oxygen atoms in total. The topological polar surface area (TPSA) is 92.5 Å². The fourth-order valence-corrected chi connectivity index (χ4v) is 5.36. The molecule has 9 heteroatoms. The average molecular weight is 499 g/mol. The van der Waals surface area contributed by atoms with Gasteiger partial charge in [0.1, 0.15) is 23.1 Å². The molecule has 0 saturated carbocycles. The van der Waals surface area contributed by atoms with Gasteiger partial charge in [-0.1, -0.05) is 19.4 Å². The molecule has 2 saturated heterocycles. The van der Waals surface area contributed by atoms with Crippen molar-refractivity contribution in [2.24, 2.45) is 5.41 Å². The first-order chi connectivity index (χ1) is 18.2. The molecule has 4 aromatic rings. The molecule has 1 spiro atoms. The van der Waals surface area contributed by atoms with Crippen molar-refractivity contribution in [3.05, 3.63) is 60.7 Å². The van der Waals surface area contributed by atoms with Gasteiger partial charge in [-0.15, -0.1) is 0 Å². The van der Waals surface area contributed by atoms with Crippen LogP contribution < -0.4 is 15.5 Å². The van der Waals surface area contributed by atoms with Gasteiger partial charge in [-0.3, -0.25) is 0 Å². The van der Waals surface area contributed by atoms with Gasteiger partial charge in [0.2, 0.25) is 5.95 Å². The van der Waals surface area contributed by atoms with Gasteiger partial charge in [0.15, 0.2) is 0 Å². The number of anilines is 5. The van der Waals surface area contributed by atoms with Crippen molar-refractivity contribution in [1.29, 1.82) is 0 Å². The zero-order valence-electron chi connectivity index (χ0n) is 21.4. The number of aryl methyl sites for hydroxylation is 1.